The first kappa shape index (κ1) is 14.2. The summed E-state index contributed by atoms with van der Waals surface area (Å²) in [7, 11) is 3.02. The zero-order valence-corrected chi connectivity index (χ0v) is 12.5. The van der Waals surface area contributed by atoms with E-state index in [1.54, 1.807) is 12.1 Å². The largest absolute Gasteiger partial charge is 0.493 e. The lowest BCUT2D eigenvalue weighted by Crippen LogP contribution is -2.11. The maximum absolute atomic E-state index is 12.2. The highest BCUT2D eigenvalue weighted by Crippen LogP contribution is 2.41. The van der Waals surface area contributed by atoms with E-state index in [4.69, 9.17) is 14.2 Å². The summed E-state index contributed by atoms with van der Waals surface area (Å²) >= 11 is 0. The number of rotatable bonds is 4. The van der Waals surface area contributed by atoms with E-state index in [0.29, 0.717) is 28.4 Å². The monoisotopic (exact) mass is 300 g/mol. The Labute approximate surface area is 128 Å². The third-order valence-corrected chi connectivity index (χ3v) is 3.46. The summed E-state index contributed by atoms with van der Waals surface area (Å²) in [6.07, 6.45) is -0.600. The van der Waals surface area contributed by atoms with Crippen LogP contribution in [0.2, 0.25) is 0 Å². The molecule has 0 radical (unpaired) electrons. The Hall–Kier alpha value is -2.76. The number of fused-ring (bicyclic) bond motifs is 1. The van der Waals surface area contributed by atoms with E-state index in [0.717, 1.165) is 5.69 Å². The van der Waals surface area contributed by atoms with Gasteiger partial charge in [-0.2, -0.15) is 0 Å². The molecule has 6 heteroatoms. The summed E-state index contributed by atoms with van der Waals surface area (Å²) in [4.78, 5) is 16.5. The van der Waals surface area contributed by atoms with Crippen molar-refractivity contribution in [3.8, 4) is 11.5 Å². The summed E-state index contributed by atoms with van der Waals surface area (Å²) in [6.45, 7) is 1.90. The van der Waals surface area contributed by atoms with Crippen LogP contribution in [0.3, 0.4) is 0 Å². The Morgan fingerprint density at radius 1 is 1.18 bits per heavy atom. The van der Waals surface area contributed by atoms with Crippen LogP contribution in [-0.4, -0.2) is 25.2 Å². The SMILES string of the molecule is COc1ccc2c(c1OC)C(=O)O[C@@H]2Nc1cccc(C)n1. The second-order valence-corrected chi connectivity index (χ2v) is 4.86. The molecule has 22 heavy (non-hydrogen) atoms. The number of nitrogens with zero attached hydrogens (tertiary/aromatic N) is 1. The molecule has 1 aromatic heterocycles. The smallest absolute Gasteiger partial charge is 0.344 e. The van der Waals surface area contributed by atoms with Crippen molar-refractivity contribution in [2.24, 2.45) is 0 Å². The number of pyridine rings is 1. The molecule has 0 spiro atoms. The van der Waals surface area contributed by atoms with Crippen molar-refractivity contribution in [2.45, 2.75) is 13.2 Å². The van der Waals surface area contributed by atoms with Gasteiger partial charge in [0.15, 0.2) is 11.5 Å². The zero-order valence-electron chi connectivity index (χ0n) is 12.5. The van der Waals surface area contributed by atoms with Crippen molar-refractivity contribution in [3.05, 3.63) is 47.2 Å². The highest BCUT2D eigenvalue weighted by molar-refractivity contribution is 5.98. The highest BCUT2D eigenvalue weighted by atomic mass is 16.6. The van der Waals surface area contributed by atoms with Crippen molar-refractivity contribution in [1.82, 2.24) is 4.98 Å². The number of hydrogen-bond donors (Lipinski definition) is 1. The van der Waals surface area contributed by atoms with Crippen molar-refractivity contribution < 1.29 is 19.0 Å². The van der Waals surface area contributed by atoms with Crippen LogP contribution in [0.15, 0.2) is 30.3 Å². The van der Waals surface area contributed by atoms with E-state index >= 15 is 0 Å². The molecule has 0 saturated carbocycles. The molecule has 1 aliphatic heterocycles. The van der Waals surface area contributed by atoms with Crippen LogP contribution >= 0.6 is 0 Å². The van der Waals surface area contributed by atoms with E-state index in [-0.39, 0.29) is 0 Å². The van der Waals surface area contributed by atoms with Crippen molar-refractivity contribution >= 4 is 11.8 Å². The topological polar surface area (TPSA) is 69.7 Å². The predicted octanol–water partition coefficient (Wildman–Crippen LogP) is 2.69. The fourth-order valence-electron chi connectivity index (χ4n) is 2.47. The molecule has 6 nitrogen and oxygen atoms in total. The number of nitrogens with one attached hydrogen (secondary N) is 1. The van der Waals surface area contributed by atoms with Crippen LogP contribution in [0, 0.1) is 6.92 Å². The van der Waals surface area contributed by atoms with E-state index in [1.165, 1.54) is 14.2 Å². The molecule has 0 fully saturated rings. The van der Waals surface area contributed by atoms with Crippen LogP contribution in [0.25, 0.3) is 0 Å². The second-order valence-electron chi connectivity index (χ2n) is 4.86. The van der Waals surface area contributed by atoms with Crippen LogP contribution in [0.4, 0.5) is 5.82 Å². The van der Waals surface area contributed by atoms with Gasteiger partial charge in [-0.05, 0) is 31.2 Å². The minimum absolute atomic E-state index is 0.381. The number of cyclic esters (lactones) is 1. The fraction of sp³-hybridized carbons (Fsp3) is 0.250. The molecular formula is C16H16N2O4. The molecule has 3 rings (SSSR count). The summed E-state index contributed by atoms with van der Waals surface area (Å²) < 4.78 is 15.9. The molecule has 1 atom stereocenters. The predicted molar refractivity (Wildman–Crippen MR) is 80.3 cm³/mol. The number of aromatic nitrogens is 1. The number of carbonyl (C=O) groups excluding carboxylic acids is 1. The summed E-state index contributed by atoms with van der Waals surface area (Å²) in [6, 6.07) is 9.14. The molecule has 2 heterocycles. The van der Waals surface area contributed by atoms with Gasteiger partial charge >= 0.3 is 5.97 Å². The van der Waals surface area contributed by atoms with Gasteiger partial charge in [-0.3, -0.25) is 0 Å². The lowest BCUT2D eigenvalue weighted by atomic mass is 10.1. The first-order chi connectivity index (χ1) is 10.6. The standard InChI is InChI=1S/C16H16N2O4/c1-9-5-4-6-12(17-9)18-15-10-7-8-11(20-2)14(21-3)13(10)16(19)22-15/h4-8,15H,1-3H3,(H,17,18)/t15-/m0/s1. The minimum Gasteiger partial charge on any atom is -0.493 e. The first-order valence-electron chi connectivity index (χ1n) is 6.80. The van der Waals surface area contributed by atoms with Crippen LogP contribution in [-0.2, 0) is 4.74 Å². The summed E-state index contributed by atoms with van der Waals surface area (Å²) in [5.41, 5.74) is 1.96. The van der Waals surface area contributed by atoms with Gasteiger partial charge in [0.05, 0.1) is 14.2 Å². The normalized spacial score (nSPS) is 16.0. The summed E-state index contributed by atoms with van der Waals surface area (Å²) in [5.74, 6) is 1.07. The molecule has 0 amide bonds. The minimum atomic E-state index is -0.600. The Kier molecular flexibility index (Phi) is 3.58. The third-order valence-electron chi connectivity index (χ3n) is 3.46. The molecule has 0 unspecified atom stereocenters. The van der Waals surface area contributed by atoms with Gasteiger partial charge in [0.2, 0.25) is 6.23 Å². The van der Waals surface area contributed by atoms with E-state index in [9.17, 15) is 4.79 Å². The third kappa shape index (κ3) is 2.32. The number of carbonyl (C=O) groups is 1. The number of aryl methyl sites for hydroxylation is 1. The number of methoxy groups -OCH3 is 2. The number of esters is 1. The molecule has 0 saturated heterocycles. The molecule has 0 bridgehead atoms. The maximum Gasteiger partial charge on any atom is 0.344 e. The average Bonchev–Trinajstić information content (AvgIpc) is 2.82. The molecule has 0 aliphatic carbocycles. The van der Waals surface area contributed by atoms with Crippen molar-refractivity contribution in [2.75, 3.05) is 19.5 Å². The Morgan fingerprint density at radius 2 is 2.00 bits per heavy atom. The van der Waals surface area contributed by atoms with Crippen molar-refractivity contribution in [1.29, 1.82) is 0 Å². The summed E-state index contributed by atoms with van der Waals surface area (Å²) in [5, 5.41) is 3.11. The first-order valence-corrected chi connectivity index (χ1v) is 6.80. The average molecular weight is 300 g/mol. The van der Waals surface area contributed by atoms with Crippen LogP contribution < -0.4 is 14.8 Å². The van der Waals surface area contributed by atoms with Gasteiger partial charge < -0.3 is 19.5 Å². The van der Waals surface area contributed by atoms with Gasteiger partial charge in [-0.25, -0.2) is 9.78 Å². The Balaban J connectivity index is 1.98. The van der Waals surface area contributed by atoms with Gasteiger partial charge in [0.1, 0.15) is 11.4 Å². The Morgan fingerprint density at radius 3 is 2.68 bits per heavy atom. The van der Waals surface area contributed by atoms with Crippen molar-refractivity contribution in [3.63, 3.8) is 0 Å². The van der Waals surface area contributed by atoms with E-state index in [2.05, 4.69) is 10.3 Å². The molecule has 2 aromatic rings. The lowest BCUT2D eigenvalue weighted by Gasteiger charge is -2.14. The van der Waals surface area contributed by atoms with Gasteiger partial charge in [-0.15, -0.1) is 0 Å². The van der Waals surface area contributed by atoms with Gasteiger partial charge in [0, 0.05) is 11.3 Å². The van der Waals surface area contributed by atoms with Crippen LogP contribution in [0.1, 0.15) is 27.8 Å². The quantitative estimate of drug-likeness (QED) is 0.875. The number of hydrogen-bond acceptors (Lipinski definition) is 6. The molecule has 1 aromatic carbocycles. The van der Waals surface area contributed by atoms with E-state index < -0.39 is 12.2 Å². The maximum atomic E-state index is 12.2. The van der Waals surface area contributed by atoms with Gasteiger partial charge in [0.25, 0.3) is 0 Å². The molecule has 1 N–H and O–H groups in total. The lowest BCUT2D eigenvalue weighted by molar-refractivity contribution is 0.0434. The Bertz CT molecular complexity index is 730. The molecule has 114 valence electrons. The highest BCUT2D eigenvalue weighted by Gasteiger charge is 2.36. The number of benzene rings is 1. The second kappa shape index (κ2) is 5.55. The molecule has 1 aliphatic rings. The fourth-order valence-corrected chi connectivity index (χ4v) is 2.47. The van der Waals surface area contributed by atoms with Crippen LogP contribution in [0.5, 0.6) is 11.5 Å². The molecular weight excluding hydrogens is 284 g/mol. The van der Waals surface area contributed by atoms with Gasteiger partial charge in [-0.1, -0.05) is 6.07 Å². The van der Waals surface area contributed by atoms with E-state index in [1.807, 2.05) is 25.1 Å². The zero-order chi connectivity index (χ0) is 15.7. The number of ether oxygens (including phenoxy) is 3. The number of anilines is 1.